The number of hydrogen-bond donors (Lipinski definition) is 1. The molecule has 1 saturated carbocycles. The number of rotatable bonds is 7. The number of nitrogens with one attached hydrogen (secondary N) is 1. The Labute approximate surface area is 91.6 Å². The van der Waals surface area contributed by atoms with Crippen molar-refractivity contribution in [1.29, 1.82) is 0 Å². The summed E-state index contributed by atoms with van der Waals surface area (Å²) in [6.45, 7) is 2.18. The van der Waals surface area contributed by atoms with Crippen LogP contribution in [0.4, 0.5) is 0 Å². The maximum absolute atomic E-state index is 11.4. The minimum atomic E-state index is -0.159. The molecule has 0 unspecified atom stereocenters. The highest BCUT2D eigenvalue weighted by molar-refractivity contribution is 5.93. The maximum Gasteiger partial charge on any atom is 0.220 e. The van der Waals surface area contributed by atoms with Gasteiger partial charge in [0.1, 0.15) is 0 Å². The van der Waals surface area contributed by atoms with Crippen LogP contribution in [0.15, 0.2) is 0 Å². The van der Waals surface area contributed by atoms with E-state index in [1.54, 1.807) is 0 Å². The zero-order valence-corrected chi connectivity index (χ0v) is 9.55. The first-order chi connectivity index (χ1) is 7.24. The number of amides is 1. The van der Waals surface area contributed by atoms with E-state index in [1.807, 2.05) is 0 Å². The van der Waals surface area contributed by atoms with Crippen LogP contribution in [-0.4, -0.2) is 17.7 Å². The molecule has 1 aliphatic rings. The molecule has 1 rings (SSSR count). The minimum Gasteiger partial charge on any atom is -0.346 e. The van der Waals surface area contributed by atoms with Crippen molar-refractivity contribution in [3.8, 4) is 0 Å². The lowest BCUT2D eigenvalue weighted by atomic mass is 9.91. The summed E-state index contributed by atoms with van der Waals surface area (Å²) in [5, 5.41) is 2.77. The highest BCUT2D eigenvalue weighted by atomic mass is 16.2. The van der Waals surface area contributed by atoms with Crippen molar-refractivity contribution in [2.75, 3.05) is 0 Å². The number of Topliss-reactive ketones (excluding diaryl/α,β-unsaturated/α-hetero) is 1. The van der Waals surface area contributed by atoms with Crippen LogP contribution >= 0.6 is 0 Å². The van der Waals surface area contributed by atoms with E-state index in [2.05, 4.69) is 12.2 Å². The van der Waals surface area contributed by atoms with Crippen LogP contribution < -0.4 is 5.32 Å². The number of hydrogen-bond acceptors (Lipinski definition) is 2. The first-order valence-electron chi connectivity index (χ1n) is 6.06. The lowest BCUT2D eigenvalue weighted by Crippen LogP contribution is -2.47. The lowest BCUT2D eigenvalue weighted by Gasteiger charge is -2.24. The monoisotopic (exact) mass is 211 g/mol. The van der Waals surface area contributed by atoms with Gasteiger partial charge in [-0.1, -0.05) is 32.6 Å². The third-order valence-electron chi connectivity index (χ3n) is 2.91. The third-order valence-corrected chi connectivity index (χ3v) is 2.91. The molecule has 0 heterocycles. The number of ketones is 1. The van der Waals surface area contributed by atoms with Crippen molar-refractivity contribution >= 4 is 11.7 Å². The first kappa shape index (κ1) is 12.2. The van der Waals surface area contributed by atoms with Gasteiger partial charge in [0.2, 0.25) is 5.91 Å². The van der Waals surface area contributed by atoms with E-state index in [9.17, 15) is 9.59 Å². The Bertz CT molecular complexity index is 226. The average Bonchev–Trinajstić information content (AvgIpc) is 2.23. The lowest BCUT2D eigenvalue weighted by molar-refractivity contribution is -0.132. The zero-order valence-electron chi connectivity index (χ0n) is 9.55. The molecule has 0 bridgehead atoms. The van der Waals surface area contributed by atoms with Gasteiger partial charge < -0.3 is 5.32 Å². The van der Waals surface area contributed by atoms with E-state index in [4.69, 9.17) is 0 Å². The standard InChI is InChI=1S/C12H21NO2/c1-2-3-4-5-6-7-12(15)13-10-8-9-11(10)14/h10H,2-9H2,1H3,(H,13,15)/t10-/m0/s1. The molecule has 0 aromatic rings. The summed E-state index contributed by atoms with van der Waals surface area (Å²) in [5.41, 5.74) is 0. The largest absolute Gasteiger partial charge is 0.346 e. The molecule has 15 heavy (non-hydrogen) atoms. The maximum atomic E-state index is 11.4. The van der Waals surface area contributed by atoms with Gasteiger partial charge in [0, 0.05) is 12.8 Å². The molecule has 3 heteroatoms. The number of unbranched alkanes of at least 4 members (excludes halogenated alkanes) is 4. The van der Waals surface area contributed by atoms with Crippen molar-refractivity contribution in [3.63, 3.8) is 0 Å². The van der Waals surface area contributed by atoms with Crippen LogP contribution in [0.1, 0.15) is 58.3 Å². The van der Waals surface area contributed by atoms with Crippen LogP contribution in [0.3, 0.4) is 0 Å². The molecule has 86 valence electrons. The summed E-state index contributed by atoms with van der Waals surface area (Å²) >= 11 is 0. The third kappa shape index (κ3) is 4.45. The highest BCUT2D eigenvalue weighted by Crippen LogP contribution is 2.14. The Morgan fingerprint density at radius 3 is 2.60 bits per heavy atom. The van der Waals surface area contributed by atoms with Gasteiger partial charge in [0.25, 0.3) is 0 Å². The van der Waals surface area contributed by atoms with Crippen molar-refractivity contribution in [2.24, 2.45) is 0 Å². The Morgan fingerprint density at radius 1 is 1.33 bits per heavy atom. The quantitative estimate of drug-likeness (QED) is 0.656. The summed E-state index contributed by atoms with van der Waals surface area (Å²) < 4.78 is 0. The molecular formula is C12H21NO2. The molecule has 0 aromatic heterocycles. The van der Waals surface area contributed by atoms with E-state index in [1.165, 1.54) is 19.3 Å². The van der Waals surface area contributed by atoms with Gasteiger partial charge in [-0.3, -0.25) is 9.59 Å². The topological polar surface area (TPSA) is 46.2 Å². The van der Waals surface area contributed by atoms with E-state index in [-0.39, 0.29) is 17.7 Å². The first-order valence-corrected chi connectivity index (χ1v) is 6.06. The fraction of sp³-hybridized carbons (Fsp3) is 0.833. The zero-order chi connectivity index (χ0) is 11.1. The Balaban J connectivity index is 1.96. The van der Waals surface area contributed by atoms with Crippen LogP contribution in [0.2, 0.25) is 0 Å². The Morgan fingerprint density at radius 2 is 2.07 bits per heavy atom. The molecule has 0 saturated heterocycles. The van der Waals surface area contributed by atoms with E-state index in [0.717, 1.165) is 19.3 Å². The van der Waals surface area contributed by atoms with Crippen LogP contribution in [-0.2, 0) is 9.59 Å². The molecule has 0 aliphatic heterocycles. The predicted molar refractivity (Wildman–Crippen MR) is 59.5 cm³/mol. The van der Waals surface area contributed by atoms with Crippen molar-refractivity contribution in [3.05, 3.63) is 0 Å². The molecule has 1 atom stereocenters. The second-order valence-corrected chi connectivity index (χ2v) is 4.29. The summed E-state index contributed by atoms with van der Waals surface area (Å²) in [5.74, 6) is 0.235. The second kappa shape index (κ2) is 6.59. The Hall–Kier alpha value is -0.860. The molecule has 0 spiro atoms. The van der Waals surface area contributed by atoms with Gasteiger partial charge in [0.05, 0.1) is 6.04 Å². The van der Waals surface area contributed by atoms with Gasteiger partial charge in [-0.25, -0.2) is 0 Å². The van der Waals surface area contributed by atoms with Gasteiger partial charge >= 0.3 is 0 Å². The van der Waals surface area contributed by atoms with E-state index < -0.39 is 0 Å². The van der Waals surface area contributed by atoms with Gasteiger partial charge in [0.15, 0.2) is 5.78 Å². The normalized spacial score (nSPS) is 19.8. The van der Waals surface area contributed by atoms with Gasteiger partial charge in [-0.05, 0) is 12.8 Å². The SMILES string of the molecule is CCCCCCCC(=O)N[C@H]1CCC1=O. The van der Waals surface area contributed by atoms with Crippen LogP contribution in [0.5, 0.6) is 0 Å². The second-order valence-electron chi connectivity index (χ2n) is 4.29. The molecule has 1 N–H and O–H groups in total. The van der Waals surface area contributed by atoms with Crippen molar-refractivity contribution in [1.82, 2.24) is 5.32 Å². The predicted octanol–water partition coefficient (Wildman–Crippen LogP) is 2.19. The van der Waals surface area contributed by atoms with E-state index in [0.29, 0.717) is 12.8 Å². The molecule has 3 nitrogen and oxygen atoms in total. The Kier molecular flexibility index (Phi) is 5.37. The van der Waals surface area contributed by atoms with Crippen LogP contribution in [0, 0.1) is 0 Å². The molecule has 0 radical (unpaired) electrons. The smallest absolute Gasteiger partial charge is 0.220 e. The fourth-order valence-corrected chi connectivity index (χ4v) is 1.71. The fourth-order valence-electron chi connectivity index (χ4n) is 1.71. The highest BCUT2D eigenvalue weighted by Gasteiger charge is 2.28. The van der Waals surface area contributed by atoms with Gasteiger partial charge in [-0.2, -0.15) is 0 Å². The number of carbonyl (C=O) groups is 2. The number of carbonyl (C=O) groups excluding carboxylic acids is 2. The summed E-state index contributed by atoms with van der Waals surface area (Å²) in [6, 6.07) is -0.159. The molecule has 1 amide bonds. The van der Waals surface area contributed by atoms with Crippen molar-refractivity contribution < 1.29 is 9.59 Å². The van der Waals surface area contributed by atoms with E-state index >= 15 is 0 Å². The molecule has 0 aromatic carbocycles. The summed E-state index contributed by atoms with van der Waals surface area (Å²) in [6.07, 6.45) is 7.82. The molecule has 1 fully saturated rings. The van der Waals surface area contributed by atoms with Crippen molar-refractivity contribution in [2.45, 2.75) is 64.3 Å². The molecular weight excluding hydrogens is 190 g/mol. The molecule has 1 aliphatic carbocycles. The summed E-state index contributed by atoms with van der Waals surface area (Å²) in [7, 11) is 0. The van der Waals surface area contributed by atoms with Crippen LogP contribution in [0.25, 0.3) is 0 Å². The average molecular weight is 211 g/mol. The minimum absolute atomic E-state index is 0.0459. The summed E-state index contributed by atoms with van der Waals surface area (Å²) in [4.78, 5) is 22.3. The van der Waals surface area contributed by atoms with Gasteiger partial charge in [-0.15, -0.1) is 0 Å².